The minimum atomic E-state index is -3.69. The van der Waals surface area contributed by atoms with E-state index in [4.69, 9.17) is 11.6 Å². The molecule has 1 aliphatic rings. The molecule has 1 unspecified atom stereocenters. The molecule has 27 heavy (non-hydrogen) atoms. The second-order valence-corrected chi connectivity index (χ2v) is 10.2. The molecule has 0 radical (unpaired) electrons. The molecule has 0 bridgehead atoms. The summed E-state index contributed by atoms with van der Waals surface area (Å²) in [6.45, 7) is 3.43. The average Bonchev–Trinajstić information content (AvgIpc) is 3.10. The van der Waals surface area contributed by atoms with Crippen LogP contribution < -0.4 is 5.32 Å². The fourth-order valence-corrected chi connectivity index (χ4v) is 5.27. The summed E-state index contributed by atoms with van der Waals surface area (Å²) in [5.41, 5.74) is 1.68. The Labute approximate surface area is 168 Å². The van der Waals surface area contributed by atoms with Crippen LogP contribution in [0.5, 0.6) is 0 Å². The van der Waals surface area contributed by atoms with Crippen LogP contribution in [0.3, 0.4) is 0 Å². The highest BCUT2D eigenvalue weighted by Gasteiger charge is 2.27. The molecule has 0 fully saturated rings. The number of rotatable bonds is 5. The SMILES string of the molecule is CC(C(=O)Nc1ccc(Cl)c(S(=O)(=O)N(C)C)c1)N1CCc2sccc2C1. The van der Waals surface area contributed by atoms with Crippen molar-refractivity contribution >= 4 is 44.6 Å². The summed E-state index contributed by atoms with van der Waals surface area (Å²) >= 11 is 7.81. The van der Waals surface area contributed by atoms with Gasteiger partial charge in [-0.3, -0.25) is 9.69 Å². The molecule has 2 heterocycles. The van der Waals surface area contributed by atoms with E-state index in [1.807, 2.05) is 6.92 Å². The molecular weight excluding hydrogens is 406 g/mol. The quantitative estimate of drug-likeness (QED) is 0.796. The highest BCUT2D eigenvalue weighted by Crippen LogP contribution is 2.28. The molecule has 1 N–H and O–H groups in total. The van der Waals surface area contributed by atoms with E-state index in [0.717, 1.165) is 23.8 Å². The average molecular weight is 428 g/mol. The summed E-state index contributed by atoms with van der Waals surface area (Å²) in [5, 5.41) is 5.02. The molecule has 146 valence electrons. The molecule has 3 rings (SSSR count). The zero-order valence-electron chi connectivity index (χ0n) is 15.4. The first-order valence-corrected chi connectivity index (χ1v) is 11.2. The second kappa shape index (κ2) is 7.89. The Bertz CT molecular complexity index is 957. The summed E-state index contributed by atoms with van der Waals surface area (Å²) in [6, 6.07) is 6.26. The molecule has 9 heteroatoms. The Morgan fingerprint density at radius 1 is 1.33 bits per heavy atom. The number of nitrogens with one attached hydrogen (secondary N) is 1. The lowest BCUT2D eigenvalue weighted by Gasteiger charge is -2.31. The van der Waals surface area contributed by atoms with Gasteiger partial charge in [0.1, 0.15) is 4.90 Å². The van der Waals surface area contributed by atoms with E-state index in [1.54, 1.807) is 17.4 Å². The molecule has 6 nitrogen and oxygen atoms in total. The first-order valence-electron chi connectivity index (χ1n) is 8.52. The van der Waals surface area contributed by atoms with Crippen molar-refractivity contribution < 1.29 is 13.2 Å². The van der Waals surface area contributed by atoms with Crippen molar-refractivity contribution in [3.05, 3.63) is 45.1 Å². The van der Waals surface area contributed by atoms with Gasteiger partial charge in [0.2, 0.25) is 15.9 Å². The Hall–Kier alpha value is -1.45. The fraction of sp³-hybridized carbons (Fsp3) is 0.389. The van der Waals surface area contributed by atoms with E-state index in [0.29, 0.717) is 5.69 Å². The third-order valence-electron chi connectivity index (χ3n) is 4.72. The normalized spacial score (nSPS) is 16.2. The van der Waals surface area contributed by atoms with Gasteiger partial charge >= 0.3 is 0 Å². The van der Waals surface area contributed by atoms with Gasteiger partial charge in [-0.05, 0) is 48.6 Å². The van der Waals surface area contributed by atoms with Crippen LogP contribution in [0.15, 0.2) is 34.5 Å². The predicted octanol–water partition coefficient (Wildman–Crippen LogP) is 3.04. The Balaban J connectivity index is 1.75. The van der Waals surface area contributed by atoms with Gasteiger partial charge in [0.25, 0.3) is 0 Å². The van der Waals surface area contributed by atoms with E-state index >= 15 is 0 Å². The van der Waals surface area contributed by atoms with Crippen LogP contribution in [-0.2, 0) is 27.8 Å². The van der Waals surface area contributed by atoms with Gasteiger partial charge in [0.05, 0.1) is 11.1 Å². The number of carbonyl (C=O) groups excluding carboxylic acids is 1. The zero-order valence-corrected chi connectivity index (χ0v) is 17.8. The molecular formula is C18H22ClN3O3S2. The number of sulfonamides is 1. The summed E-state index contributed by atoms with van der Waals surface area (Å²) in [4.78, 5) is 16.2. The van der Waals surface area contributed by atoms with Crippen molar-refractivity contribution in [3.63, 3.8) is 0 Å². The van der Waals surface area contributed by atoms with Gasteiger partial charge in [-0.2, -0.15) is 0 Å². The third kappa shape index (κ3) is 4.20. The molecule has 0 spiro atoms. The van der Waals surface area contributed by atoms with E-state index in [9.17, 15) is 13.2 Å². The van der Waals surface area contributed by atoms with Crippen molar-refractivity contribution in [2.24, 2.45) is 0 Å². The first-order chi connectivity index (χ1) is 12.7. The van der Waals surface area contributed by atoms with Crippen molar-refractivity contribution in [3.8, 4) is 0 Å². The summed E-state index contributed by atoms with van der Waals surface area (Å²) in [6.07, 6.45) is 0.941. The number of anilines is 1. The maximum Gasteiger partial charge on any atom is 0.244 e. The Kier molecular flexibility index (Phi) is 5.93. The summed E-state index contributed by atoms with van der Waals surface area (Å²) in [7, 11) is -0.816. The van der Waals surface area contributed by atoms with Crippen LogP contribution >= 0.6 is 22.9 Å². The minimum absolute atomic E-state index is 0.0273. The molecule has 1 atom stereocenters. The number of hydrogen-bond acceptors (Lipinski definition) is 5. The van der Waals surface area contributed by atoms with Crippen molar-refractivity contribution in [1.82, 2.24) is 9.21 Å². The van der Waals surface area contributed by atoms with Crippen LogP contribution in [0.4, 0.5) is 5.69 Å². The fourth-order valence-electron chi connectivity index (χ4n) is 2.99. The predicted molar refractivity (Wildman–Crippen MR) is 109 cm³/mol. The zero-order chi connectivity index (χ0) is 19.8. The molecule has 2 aromatic rings. The molecule has 0 saturated heterocycles. The van der Waals surface area contributed by atoms with Crippen LogP contribution in [0, 0.1) is 0 Å². The number of benzene rings is 1. The summed E-state index contributed by atoms with van der Waals surface area (Å²) < 4.78 is 25.9. The molecule has 1 aromatic carbocycles. The Morgan fingerprint density at radius 3 is 2.78 bits per heavy atom. The topological polar surface area (TPSA) is 69.7 Å². The maximum absolute atomic E-state index is 12.7. The molecule has 1 amide bonds. The number of hydrogen-bond donors (Lipinski definition) is 1. The van der Waals surface area contributed by atoms with Gasteiger partial charge in [0.15, 0.2) is 0 Å². The molecule has 0 aliphatic carbocycles. The largest absolute Gasteiger partial charge is 0.325 e. The Morgan fingerprint density at radius 2 is 2.07 bits per heavy atom. The highest BCUT2D eigenvalue weighted by molar-refractivity contribution is 7.89. The van der Waals surface area contributed by atoms with Gasteiger partial charge in [-0.25, -0.2) is 12.7 Å². The summed E-state index contributed by atoms with van der Waals surface area (Å²) in [5.74, 6) is -0.177. The van der Waals surface area contributed by atoms with Crippen LogP contribution in [0.1, 0.15) is 17.4 Å². The van der Waals surface area contributed by atoms with E-state index < -0.39 is 10.0 Å². The van der Waals surface area contributed by atoms with Crippen molar-refractivity contribution in [2.45, 2.75) is 30.8 Å². The molecule has 1 aliphatic heterocycles. The van der Waals surface area contributed by atoms with Crippen LogP contribution in [0.2, 0.25) is 5.02 Å². The van der Waals surface area contributed by atoms with Gasteiger partial charge in [-0.1, -0.05) is 11.6 Å². The number of nitrogens with zero attached hydrogens (tertiary/aromatic N) is 2. The molecule has 0 saturated carbocycles. The maximum atomic E-state index is 12.7. The minimum Gasteiger partial charge on any atom is -0.325 e. The van der Waals surface area contributed by atoms with Crippen molar-refractivity contribution in [2.75, 3.05) is 26.0 Å². The number of amides is 1. The van der Waals surface area contributed by atoms with E-state index in [-0.39, 0.29) is 21.9 Å². The second-order valence-electron chi connectivity index (χ2n) is 6.69. The van der Waals surface area contributed by atoms with Gasteiger partial charge in [-0.15, -0.1) is 11.3 Å². The standard InChI is InChI=1S/C18H22ClN3O3S2/c1-12(22-8-6-16-13(11-22)7-9-26-16)18(23)20-14-4-5-15(19)17(10-14)27(24,25)21(2)3/h4-5,7,9-10,12H,6,8,11H2,1-3H3,(H,20,23). The monoisotopic (exact) mass is 427 g/mol. The van der Waals surface area contributed by atoms with Crippen molar-refractivity contribution in [1.29, 1.82) is 0 Å². The van der Waals surface area contributed by atoms with Crippen LogP contribution in [0.25, 0.3) is 0 Å². The third-order valence-corrected chi connectivity index (χ3v) is 8.04. The van der Waals surface area contributed by atoms with E-state index in [2.05, 4.69) is 21.7 Å². The van der Waals surface area contributed by atoms with Crippen LogP contribution in [-0.4, -0.2) is 50.2 Å². The highest BCUT2D eigenvalue weighted by atomic mass is 35.5. The lowest BCUT2D eigenvalue weighted by Crippen LogP contribution is -2.44. The number of fused-ring (bicyclic) bond motifs is 1. The lowest BCUT2D eigenvalue weighted by molar-refractivity contribution is -0.121. The lowest BCUT2D eigenvalue weighted by atomic mass is 10.1. The van der Waals surface area contributed by atoms with Gasteiger partial charge in [0, 0.05) is 37.7 Å². The smallest absolute Gasteiger partial charge is 0.244 e. The first kappa shape index (κ1) is 20.3. The number of carbonyl (C=O) groups is 1. The molecule has 1 aromatic heterocycles. The number of thiophene rings is 1. The van der Waals surface area contributed by atoms with E-state index in [1.165, 1.54) is 36.7 Å². The van der Waals surface area contributed by atoms with Gasteiger partial charge < -0.3 is 5.32 Å². The number of halogens is 1.